The van der Waals surface area contributed by atoms with Crippen LogP contribution in [0.2, 0.25) is 0 Å². The molecule has 1 N–H and O–H groups in total. The number of ketones is 1. The Kier molecular flexibility index (Phi) is 9.80. The quantitative estimate of drug-likeness (QED) is 0.392. The van der Waals surface area contributed by atoms with E-state index in [-0.39, 0.29) is 23.2 Å². The number of rotatable bonds is 11. The molecule has 0 aliphatic rings. The molecular formula is C27H39NO4S2. The number of benzene rings is 1. The molecule has 1 aromatic carbocycles. The van der Waals surface area contributed by atoms with Crippen LogP contribution in [0.15, 0.2) is 28.5 Å². The molecule has 0 fully saturated rings. The normalized spacial score (nSPS) is 13.1. The highest BCUT2D eigenvalue weighted by Crippen LogP contribution is 2.44. The van der Waals surface area contributed by atoms with Crippen LogP contribution in [0.25, 0.3) is 0 Å². The van der Waals surface area contributed by atoms with Gasteiger partial charge >= 0.3 is 5.97 Å². The molecule has 1 unspecified atom stereocenters. The first-order valence-electron chi connectivity index (χ1n) is 11.9. The van der Waals surface area contributed by atoms with Gasteiger partial charge in [-0.15, -0.1) is 11.3 Å². The Labute approximate surface area is 211 Å². The third-order valence-corrected chi connectivity index (χ3v) is 9.65. The van der Waals surface area contributed by atoms with Crippen molar-refractivity contribution in [3.8, 4) is 0 Å². The molecule has 5 nitrogen and oxygen atoms in total. The monoisotopic (exact) mass is 505 g/mol. The number of methoxy groups -OCH3 is 1. The van der Waals surface area contributed by atoms with Crippen LogP contribution in [0.1, 0.15) is 81.0 Å². The first-order chi connectivity index (χ1) is 15.9. The van der Waals surface area contributed by atoms with E-state index in [2.05, 4.69) is 54.5 Å². The topological polar surface area (TPSA) is 72.5 Å². The number of esters is 1. The molecule has 0 saturated carbocycles. The maximum Gasteiger partial charge on any atom is 0.320 e. The Bertz CT molecular complexity index is 1050. The maximum absolute atomic E-state index is 12.8. The van der Waals surface area contributed by atoms with Crippen molar-refractivity contribution in [3.63, 3.8) is 0 Å². The Balaban J connectivity index is 2.34. The van der Waals surface area contributed by atoms with Crippen LogP contribution in [0.5, 0.6) is 0 Å². The summed E-state index contributed by atoms with van der Waals surface area (Å²) in [7, 11) is -0.165. The van der Waals surface area contributed by atoms with E-state index < -0.39 is 17.0 Å². The number of carbonyl (C=O) groups is 2. The molecule has 0 aliphatic carbocycles. The average molecular weight is 506 g/mol. The minimum atomic E-state index is -1.48. The van der Waals surface area contributed by atoms with Crippen LogP contribution >= 0.6 is 11.3 Å². The first kappa shape index (κ1) is 28.4. The number of hydrogen-bond acceptors (Lipinski definition) is 5. The predicted molar refractivity (Wildman–Crippen MR) is 141 cm³/mol. The summed E-state index contributed by atoms with van der Waals surface area (Å²) in [5, 5.41) is 0. The summed E-state index contributed by atoms with van der Waals surface area (Å²) in [6.07, 6.45) is 3.12. The van der Waals surface area contributed by atoms with Gasteiger partial charge in [0.25, 0.3) is 0 Å². The lowest BCUT2D eigenvalue weighted by molar-refractivity contribution is -0.139. The zero-order chi connectivity index (χ0) is 25.7. The standard InChI is InChI=1S/C27H39NO4S2/c1-9-27(10-2,23-16-19(4)25(33-23)34(31)28-17-24(30)32-8)21-13-11-20(18(3)15-21)12-14-22(29)26(5,6)7/h11,13,15-16,28H,9-10,12,14,17H2,1-8H3. The van der Waals surface area contributed by atoms with Gasteiger partial charge in [0.05, 0.1) is 7.11 Å². The molecule has 2 aromatic rings. The second-order valence-corrected chi connectivity index (χ2v) is 12.4. The van der Waals surface area contributed by atoms with Gasteiger partial charge in [0, 0.05) is 22.1 Å². The zero-order valence-electron chi connectivity index (χ0n) is 21.8. The minimum absolute atomic E-state index is 0.0964. The fourth-order valence-corrected chi connectivity index (χ4v) is 6.93. The SMILES string of the molecule is CCC(CC)(c1ccc(CCC(=O)C(C)(C)C)c(C)c1)c1cc(C)c(S(=O)NCC(=O)OC)s1. The molecule has 2 rings (SSSR count). The Hall–Kier alpha value is -1.83. The van der Waals surface area contributed by atoms with Crippen molar-refractivity contribution in [1.29, 1.82) is 0 Å². The van der Waals surface area contributed by atoms with Crippen molar-refractivity contribution in [2.45, 2.75) is 83.8 Å². The molecule has 0 spiro atoms. The largest absolute Gasteiger partial charge is 0.468 e. The molecule has 188 valence electrons. The molecule has 1 aromatic heterocycles. The molecule has 34 heavy (non-hydrogen) atoms. The van der Waals surface area contributed by atoms with Gasteiger partial charge < -0.3 is 4.74 Å². The van der Waals surface area contributed by atoms with E-state index in [1.54, 1.807) is 11.3 Å². The average Bonchev–Trinajstić information content (AvgIpc) is 3.18. The Morgan fingerprint density at radius 3 is 2.24 bits per heavy atom. The van der Waals surface area contributed by atoms with E-state index in [1.165, 1.54) is 28.7 Å². The van der Waals surface area contributed by atoms with Crippen LogP contribution < -0.4 is 4.72 Å². The molecule has 1 heterocycles. The predicted octanol–water partition coefficient (Wildman–Crippen LogP) is 5.80. The maximum atomic E-state index is 12.8. The first-order valence-corrected chi connectivity index (χ1v) is 13.8. The van der Waals surface area contributed by atoms with Crippen molar-refractivity contribution < 1.29 is 18.5 Å². The van der Waals surface area contributed by atoms with Crippen molar-refractivity contribution in [2.24, 2.45) is 5.41 Å². The van der Waals surface area contributed by atoms with Gasteiger partial charge in [-0.3, -0.25) is 9.59 Å². The van der Waals surface area contributed by atoms with E-state index in [0.29, 0.717) is 6.42 Å². The molecule has 1 atom stereocenters. The molecule has 0 bridgehead atoms. The fraction of sp³-hybridized carbons (Fsp3) is 0.556. The van der Waals surface area contributed by atoms with Crippen molar-refractivity contribution >= 4 is 34.1 Å². The number of Topliss-reactive ketones (excluding diaryl/α,β-unsaturated/α-hetero) is 1. The molecule has 0 saturated heterocycles. The highest BCUT2D eigenvalue weighted by molar-refractivity contribution is 7.85. The van der Waals surface area contributed by atoms with Gasteiger partial charge in [0.15, 0.2) is 0 Å². The molecule has 0 aliphatic heterocycles. The van der Waals surface area contributed by atoms with Crippen molar-refractivity contribution in [3.05, 3.63) is 51.4 Å². The van der Waals surface area contributed by atoms with Gasteiger partial charge in [0.2, 0.25) is 0 Å². The summed E-state index contributed by atoms with van der Waals surface area (Å²) in [6.45, 7) is 14.3. The van der Waals surface area contributed by atoms with E-state index in [9.17, 15) is 13.8 Å². The summed E-state index contributed by atoms with van der Waals surface area (Å²) in [4.78, 5) is 25.0. The zero-order valence-corrected chi connectivity index (χ0v) is 23.4. The smallest absolute Gasteiger partial charge is 0.320 e. The van der Waals surface area contributed by atoms with Crippen LogP contribution in [0.3, 0.4) is 0 Å². The molecule has 0 amide bonds. The van der Waals surface area contributed by atoms with Crippen LogP contribution in [0.4, 0.5) is 0 Å². The number of thiophene rings is 1. The van der Waals surface area contributed by atoms with E-state index >= 15 is 0 Å². The summed E-state index contributed by atoms with van der Waals surface area (Å²) in [5.74, 6) is -0.165. The molecule has 7 heteroatoms. The number of ether oxygens (including phenoxy) is 1. The van der Waals surface area contributed by atoms with Crippen LogP contribution in [0, 0.1) is 19.3 Å². The molecular weight excluding hydrogens is 466 g/mol. The Morgan fingerprint density at radius 2 is 1.71 bits per heavy atom. The Morgan fingerprint density at radius 1 is 1.06 bits per heavy atom. The summed E-state index contributed by atoms with van der Waals surface area (Å²) in [5.41, 5.74) is 4.09. The van der Waals surface area contributed by atoms with Crippen LogP contribution in [-0.2, 0) is 37.1 Å². The van der Waals surface area contributed by atoms with Crippen LogP contribution in [-0.4, -0.2) is 29.6 Å². The van der Waals surface area contributed by atoms with Crippen molar-refractivity contribution in [1.82, 2.24) is 4.72 Å². The van der Waals surface area contributed by atoms with Gasteiger partial charge in [-0.05, 0) is 61.4 Å². The third kappa shape index (κ3) is 6.43. The second kappa shape index (κ2) is 11.7. The number of carbonyl (C=O) groups excluding carboxylic acids is 2. The summed E-state index contributed by atoms with van der Waals surface area (Å²) in [6, 6.07) is 8.75. The van der Waals surface area contributed by atoms with E-state index in [4.69, 9.17) is 0 Å². The minimum Gasteiger partial charge on any atom is -0.468 e. The van der Waals surface area contributed by atoms with Gasteiger partial charge in [-0.1, -0.05) is 52.8 Å². The van der Waals surface area contributed by atoms with E-state index in [1.807, 2.05) is 27.7 Å². The molecule has 0 radical (unpaired) electrons. The van der Waals surface area contributed by atoms with E-state index in [0.717, 1.165) is 29.0 Å². The lowest BCUT2D eigenvalue weighted by atomic mass is 9.73. The van der Waals surface area contributed by atoms with Crippen molar-refractivity contribution in [2.75, 3.05) is 13.7 Å². The lowest BCUT2D eigenvalue weighted by Gasteiger charge is -2.32. The highest BCUT2D eigenvalue weighted by atomic mass is 32.2. The van der Waals surface area contributed by atoms with Gasteiger partial charge in [-0.2, -0.15) is 0 Å². The number of nitrogens with one attached hydrogen (secondary N) is 1. The van der Waals surface area contributed by atoms with Gasteiger partial charge in [-0.25, -0.2) is 8.93 Å². The fourth-order valence-electron chi connectivity index (χ4n) is 4.19. The second-order valence-electron chi connectivity index (χ2n) is 9.85. The lowest BCUT2D eigenvalue weighted by Crippen LogP contribution is -2.26. The summed E-state index contributed by atoms with van der Waals surface area (Å²) < 4.78 is 20.9. The number of aryl methyl sites for hydroxylation is 3. The van der Waals surface area contributed by atoms with Gasteiger partial charge in [0.1, 0.15) is 27.5 Å². The summed E-state index contributed by atoms with van der Waals surface area (Å²) >= 11 is 1.55. The number of hydrogen-bond donors (Lipinski definition) is 1. The highest BCUT2D eigenvalue weighted by Gasteiger charge is 2.34. The third-order valence-electron chi connectivity index (χ3n) is 6.65.